The number of hydrogen-bond donors (Lipinski definition) is 2. The Bertz CT molecular complexity index is 1350. The van der Waals surface area contributed by atoms with E-state index in [1.54, 1.807) is 13.3 Å². The summed E-state index contributed by atoms with van der Waals surface area (Å²) < 4.78 is 33.8. The number of ether oxygens (including phenoxy) is 1. The molecule has 1 saturated heterocycles. The predicted octanol–water partition coefficient (Wildman–Crippen LogP) is 4.35. The molecule has 4 heterocycles. The van der Waals surface area contributed by atoms with Crippen molar-refractivity contribution in [3.63, 3.8) is 0 Å². The molecule has 2 aromatic heterocycles. The summed E-state index contributed by atoms with van der Waals surface area (Å²) in [7, 11) is 3.43. The third kappa shape index (κ3) is 4.13. The van der Waals surface area contributed by atoms with Crippen LogP contribution in [0.5, 0.6) is 5.88 Å². The maximum Gasteiger partial charge on any atom is 0.235 e. The summed E-state index contributed by atoms with van der Waals surface area (Å²) in [4.78, 5) is 14.0. The third-order valence-electron chi connectivity index (χ3n) is 8.13. The number of nitrogens with one attached hydrogen (secondary N) is 2. The van der Waals surface area contributed by atoms with Crippen LogP contribution in [0.3, 0.4) is 0 Å². The molecule has 11 heteroatoms. The van der Waals surface area contributed by atoms with E-state index >= 15 is 0 Å². The summed E-state index contributed by atoms with van der Waals surface area (Å²) in [6.45, 7) is 6.44. The predicted molar refractivity (Wildman–Crippen MR) is 142 cm³/mol. The van der Waals surface area contributed by atoms with Gasteiger partial charge in [0.2, 0.25) is 11.8 Å². The highest BCUT2D eigenvalue weighted by atomic mass is 19.1. The third-order valence-corrected chi connectivity index (χ3v) is 8.13. The van der Waals surface area contributed by atoms with E-state index in [1.165, 1.54) is 12.1 Å². The Hall–Kier alpha value is -3.76. The van der Waals surface area contributed by atoms with E-state index in [2.05, 4.69) is 39.6 Å². The lowest BCUT2D eigenvalue weighted by Gasteiger charge is -2.39. The van der Waals surface area contributed by atoms with Gasteiger partial charge in [-0.15, -0.1) is 5.10 Å². The molecule has 1 aromatic carbocycles. The van der Waals surface area contributed by atoms with Crippen LogP contribution in [-0.4, -0.2) is 60.0 Å². The van der Waals surface area contributed by atoms with Crippen LogP contribution in [0.1, 0.15) is 32.3 Å². The molecule has 9 nitrogen and oxygen atoms in total. The second-order valence-corrected chi connectivity index (χ2v) is 11.0. The van der Waals surface area contributed by atoms with Crippen molar-refractivity contribution in [1.82, 2.24) is 20.2 Å². The smallest absolute Gasteiger partial charge is 0.235 e. The zero-order valence-electron chi connectivity index (χ0n) is 22.0. The van der Waals surface area contributed by atoms with Crippen LogP contribution < -0.4 is 25.2 Å². The summed E-state index contributed by atoms with van der Waals surface area (Å²) in [5.74, 6) is 1.98. The average molecular weight is 523 g/mol. The van der Waals surface area contributed by atoms with E-state index in [9.17, 15) is 8.78 Å². The minimum Gasteiger partial charge on any atom is -0.480 e. The van der Waals surface area contributed by atoms with Crippen molar-refractivity contribution in [3.8, 4) is 5.88 Å². The Morgan fingerprint density at radius 3 is 2.53 bits per heavy atom. The van der Waals surface area contributed by atoms with Crippen molar-refractivity contribution >= 4 is 29.0 Å². The number of hydrogen-bond acceptors (Lipinski definition) is 9. The number of piperidine rings is 1. The van der Waals surface area contributed by atoms with Crippen molar-refractivity contribution in [2.45, 2.75) is 38.1 Å². The molecule has 0 amide bonds. The Kier molecular flexibility index (Phi) is 5.96. The Morgan fingerprint density at radius 1 is 1.08 bits per heavy atom. The fourth-order valence-corrected chi connectivity index (χ4v) is 6.39. The van der Waals surface area contributed by atoms with Crippen LogP contribution >= 0.6 is 0 Å². The molecule has 1 saturated carbocycles. The second kappa shape index (κ2) is 9.21. The average Bonchev–Trinajstić information content (AvgIpc) is 3.29. The highest BCUT2D eigenvalue weighted by Crippen LogP contribution is 2.48. The molecule has 3 aromatic rings. The van der Waals surface area contributed by atoms with E-state index in [4.69, 9.17) is 14.7 Å². The number of nitrogens with zero attached hydrogens (tertiary/aromatic N) is 6. The Morgan fingerprint density at radius 2 is 1.84 bits per heavy atom. The monoisotopic (exact) mass is 522 g/mol. The van der Waals surface area contributed by atoms with E-state index in [-0.39, 0.29) is 11.5 Å². The van der Waals surface area contributed by atoms with Crippen molar-refractivity contribution in [2.75, 3.05) is 54.2 Å². The lowest BCUT2D eigenvalue weighted by molar-refractivity contribution is 0.373. The number of halogens is 2. The van der Waals surface area contributed by atoms with Crippen molar-refractivity contribution < 1.29 is 13.5 Å². The quantitative estimate of drug-likeness (QED) is 0.490. The molecular formula is C27H32F2N8O. The lowest BCUT2D eigenvalue weighted by Crippen LogP contribution is -2.48. The zero-order valence-corrected chi connectivity index (χ0v) is 22.0. The van der Waals surface area contributed by atoms with E-state index in [1.807, 2.05) is 18.0 Å². The largest absolute Gasteiger partial charge is 0.480 e. The summed E-state index contributed by atoms with van der Waals surface area (Å²) >= 11 is 0. The van der Waals surface area contributed by atoms with Gasteiger partial charge < -0.3 is 25.2 Å². The van der Waals surface area contributed by atoms with Gasteiger partial charge in [0.1, 0.15) is 23.3 Å². The maximum atomic E-state index is 14.9. The minimum atomic E-state index is -0.611. The highest BCUT2D eigenvalue weighted by molar-refractivity contribution is 5.76. The molecule has 2 bridgehead atoms. The van der Waals surface area contributed by atoms with Crippen LogP contribution in [-0.2, 0) is 5.41 Å². The first-order chi connectivity index (χ1) is 18.3. The molecule has 2 N–H and O–H groups in total. The van der Waals surface area contributed by atoms with Crippen molar-refractivity contribution in [3.05, 3.63) is 47.7 Å². The molecule has 200 valence electrons. The van der Waals surface area contributed by atoms with Gasteiger partial charge >= 0.3 is 0 Å². The fourth-order valence-electron chi connectivity index (χ4n) is 6.39. The zero-order chi connectivity index (χ0) is 26.6. The summed E-state index contributed by atoms with van der Waals surface area (Å²) in [6, 6.07) is 5.81. The maximum absolute atomic E-state index is 14.9. The van der Waals surface area contributed by atoms with Crippen molar-refractivity contribution in [2.24, 2.45) is 11.8 Å². The molecule has 2 fully saturated rings. The van der Waals surface area contributed by atoms with Gasteiger partial charge in [-0.3, -0.25) is 0 Å². The van der Waals surface area contributed by atoms with Crippen LogP contribution in [0.4, 0.5) is 37.7 Å². The summed E-state index contributed by atoms with van der Waals surface area (Å²) in [5, 5.41) is 14.9. The molecule has 0 radical (unpaired) electrons. The molecule has 0 spiro atoms. The molecule has 1 unspecified atom stereocenters. The summed E-state index contributed by atoms with van der Waals surface area (Å²) in [6.07, 6.45) is 4.00. The van der Waals surface area contributed by atoms with Crippen LogP contribution in [0.2, 0.25) is 0 Å². The normalized spacial score (nSPS) is 23.4. The number of methoxy groups -OCH3 is 1. The van der Waals surface area contributed by atoms with Gasteiger partial charge in [0.05, 0.1) is 24.7 Å². The van der Waals surface area contributed by atoms with E-state index in [0.29, 0.717) is 47.5 Å². The number of benzene rings is 1. The molecule has 3 aliphatic rings. The van der Waals surface area contributed by atoms with Gasteiger partial charge in [-0.1, -0.05) is 13.8 Å². The molecule has 6 rings (SSSR count). The standard InChI is InChI=1S/C27H32F2N8O/c1-27(2)14-37(20-8-7-17(28)9-19(20)29)25-22(27)24(30-3)33-26(34-25)32-23-15-5-6-16(23)13-36(12-15)18-10-21(38-4)35-31-11-18/h7-11,15-16,23H,5-6,12-14H2,1-4H3,(H2,30,32,33,34)/t15-,16+,23?. The first-order valence-corrected chi connectivity index (χ1v) is 13.0. The van der Waals surface area contributed by atoms with Crippen molar-refractivity contribution in [1.29, 1.82) is 0 Å². The SMILES string of the molecule is CNc1nc(NC2[C@@H]3CC[C@H]2CN(c2cnnc(OC)c2)C3)nc2c1C(C)(C)CN2c1ccc(F)cc1F. The first kappa shape index (κ1) is 24.6. The van der Waals surface area contributed by atoms with Gasteiger partial charge in [0, 0.05) is 55.8 Å². The van der Waals surface area contributed by atoms with E-state index < -0.39 is 11.6 Å². The fraction of sp³-hybridized carbons (Fsp3) is 0.481. The van der Waals surface area contributed by atoms with Gasteiger partial charge in [0.25, 0.3) is 0 Å². The number of anilines is 5. The molecule has 3 atom stereocenters. The van der Waals surface area contributed by atoms with Gasteiger partial charge in [0.15, 0.2) is 0 Å². The molecule has 2 aliphatic heterocycles. The summed E-state index contributed by atoms with van der Waals surface area (Å²) in [5.41, 5.74) is 1.90. The molecular weight excluding hydrogens is 490 g/mol. The first-order valence-electron chi connectivity index (χ1n) is 13.0. The van der Waals surface area contributed by atoms with Gasteiger partial charge in [-0.05, 0) is 36.8 Å². The molecule has 38 heavy (non-hydrogen) atoms. The number of aromatic nitrogens is 4. The van der Waals surface area contributed by atoms with E-state index in [0.717, 1.165) is 43.2 Å². The molecule has 1 aliphatic carbocycles. The van der Waals surface area contributed by atoms with Gasteiger partial charge in [-0.25, -0.2) is 8.78 Å². The highest BCUT2D eigenvalue weighted by Gasteiger charge is 2.44. The lowest BCUT2D eigenvalue weighted by atomic mass is 9.88. The topological polar surface area (TPSA) is 91.3 Å². The van der Waals surface area contributed by atoms with Crippen LogP contribution in [0.15, 0.2) is 30.5 Å². The van der Waals surface area contributed by atoms with Crippen LogP contribution in [0.25, 0.3) is 0 Å². The second-order valence-electron chi connectivity index (χ2n) is 11.0. The van der Waals surface area contributed by atoms with Crippen LogP contribution in [0, 0.1) is 23.5 Å². The Labute approximate surface area is 220 Å². The Balaban J connectivity index is 1.30. The number of rotatable bonds is 6. The van der Waals surface area contributed by atoms with Gasteiger partial charge in [-0.2, -0.15) is 15.1 Å². The minimum absolute atomic E-state index is 0.219. The number of fused-ring (bicyclic) bond motifs is 3.